The van der Waals surface area contributed by atoms with E-state index in [4.69, 9.17) is 0 Å². The van der Waals surface area contributed by atoms with Gasteiger partial charge < -0.3 is 9.80 Å². The van der Waals surface area contributed by atoms with Gasteiger partial charge in [-0.05, 0) is 178 Å². The largest absolute Gasteiger partial charge is 0.310 e. The van der Waals surface area contributed by atoms with Crippen molar-refractivity contribution in [3.05, 3.63) is 167 Å². The highest BCUT2D eigenvalue weighted by Crippen LogP contribution is 2.57. The van der Waals surface area contributed by atoms with E-state index in [0.717, 1.165) is 32.1 Å². The molecule has 0 amide bonds. The van der Waals surface area contributed by atoms with Crippen LogP contribution in [0.3, 0.4) is 0 Å². The molecule has 3 atom stereocenters. The lowest BCUT2D eigenvalue weighted by atomic mass is 9.68. The highest BCUT2D eigenvalue weighted by Gasteiger charge is 2.43. The zero-order valence-corrected chi connectivity index (χ0v) is 49.3. The van der Waals surface area contributed by atoms with Gasteiger partial charge in [-0.1, -0.05) is 234 Å². The Kier molecular flexibility index (Phi) is 21.0. The van der Waals surface area contributed by atoms with E-state index in [9.17, 15) is 0 Å². The van der Waals surface area contributed by atoms with Crippen molar-refractivity contribution < 1.29 is 0 Å². The molecule has 1 aliphatic rings. The van der Waals surface area contributed by atoms with Gasteiger partial charge in [0.05, 0.1) is 0 Å². The Hall–Kier alpha value is -5.08. The molecule has 402 valence electrons. The molecule has 0 saturated heterocycles. The average Bonchev–Trinajstić information content (AvgIpc) is 3.73. The van der Waals surface area contributed by atoms with Gasteiger partial charge in [0.1, 0.15) is 0 Å². The number of rotatable bonds is 30. The van der Waals surface area contributed by atoms with Crippen molar-refractivity contribution in [3.8, 4) is 11.1 Å². The van der Waals surface area contributed by atoms with Gasteiger partial charge >= 0.3 is 0 Å². The van der Waals surface area contributed by atoms with E-state index in [2.05, 4.69) is 226 Å². The minimum Gasteiger partial charge on any atom is -0.310 e. The molecule has 0 N–H and O–H groups in total. The maximum atomic E-state index is 2.66. The molecule has 0 heterocycles. The highest BCUT2D eigenvalue weighted by atomic mass is 15.1. The summed E-state index contributed by atoms with van der Waals surface area (Å²) in [5.74, 6) is 2.18. The summed E-state index contributed by atoms with van der Waals surface area (Å²) in [5, 5.41) is 0. The third-order valence-corrected chi connectivity index (χ3v) is 18.6. The van der Waals surface area contributed by atoms with E-state index in [-0.39, 0.29) is 10.8 Å². The Morgan fingerprint density at radius 2 is 0.733 bits per heavy atom. The van der Waals surface area contributed by atoms with Gasteiger partial charge in [0, 0.05) is 39.5 Å². The van der Waals surface area contributed by atoms with Crippen LogP contribution in [0.2, 0.25) is 0 Å². The fourth-order valence-electron chi connectivity index (χ4n) is 13.0. The lowest BCUT2D eigenvalue weighted by molar-refractivity contribution is 0.265. The molecule has 6 aromatic carbocycles. The minimum absolute atomic E-state index is 0.117. The molecule has 2 heteroatoms. The van der Waals surface area contributed by atoms with Crippen molar-refractivity contribution in [1.29, 1.82) is 0 Å². The summed E-state index contributed by atoms with van der Waals surface area (Å²) in [7, 11) is 0. The average molecular weight is 1010 g/mol. The van der Waals surface area contributed by atoms with E-state index in [0.29, 0.717) is 23.7 Å². The molecular formula is C73H100N2. The lowest BCUT2D eigenvalue weighted by Crippen LogP contribution is -2.30. The fraction of sp³-hybridized carbons (Fsp3) is 0.507. The predicted molar refractivity (Wildman–Crippen MR) is 331 cm³/mol. The first-order chi connectivity index (χ1) is 36.4. The number of unbranched alkanes of at least 4 members (excludes halogenated alkanes) is 10. The molecule has 0 bridgehead atoms. The zero-order valence-electron chi connectivity index (χ0n) is 49.3. The van der Waals surface area contributed by atoms with Crippen LogP contribution >= 0.6 is 0 Å². The predicted octanol–water partition coefficient (Wildman–Crippen LogP) is 23.6. The number of hydrogen-bond donors (Lipinski definition) is 0. The van der Waals surface area contributed by atoms with E-state index >= 15 is 0 Å². The van der Waals surface area contributed by atoms with Gasteiger partial charge in [-0.2, -0.15) is 0 Å². The molecule has 0 spiro atoms. The van der Waals surface area contributed by atoms with Gasteiger partial charge in [0.25, 0.3) is 0 Å². The van der Waals surface area contributed by atoms with Crippen molar-refractivity contribution in [2.75, 3.05) is 9.80 Å². The van der Waals surface area contributed by atoms with Gasteiger partial charge in [0.2, 0.25) is 0 Å². The molecule has 0 aliphatic heterocycles. The standard InChI is InChI=1S/C73H100N2/c1-13-20-22-24-26-28-50-73(51-29-27-25-23-21-14-2)70-52-66(74(62-38-30-57(31-39-62)54(8)9)63-40-32-58(33-41-63)55(10)15-3)46-48-68(70)69-49-47-67(53-71(69)73)75(64-42-34-59(35-43-64)56(11)16-4)65-44-36-61(37-45-65)72(12,19-7)60(17-5)18-6/h30-49,52-56,60H,13-29,50-51H2,1-12H3. The number of anilines is 6. The van der Waals surface area contributed by atoms with Crippen molar-refractivity contribution >= 4 is 34.1 Å². The zero-order chi connectivity index (χ0) is 53.5. The molecule has 1 aliphatic carbocycles. The molecule has 0 fully saturated rings. The second-order valence-corrected chi connectivity index (χ2v) is 23.6. The Morgan fingerprint density at radius 3 is 1.08 bits per heavy atom. The first-order valence-corrected chi connectivity index (χ1v) is 30.7. The first kappa shape index (κ1) is 57.6. The van der Waals surface area contributed by atoms with E-state index in [1.165, 1.54) is 169 Å². The van der Waals surface area contributed by atoms with Crippen LogP contribution in [0, 0.1) is 5.92 Å². The number of nitrogens with zero attached hydrogens (tertiary/aromatic N) is 2. The Bertz CT molecular complexity index is 2620. The molecule has 3 unspecified atom stereocenters. The second kappa shape index (κ2) is 27.3. The summed E-state index contributed by atoms with van der Waals surface area (Å²) < 4.78 is 0. The van der Waals surface area contributed by atoms with Crippen LogP contribution in [0.25, 0.3) is 11.1 Å². The van der Waals surface area contributed by atoms with E-state index in [1.54, 1.807) is 0 Å². The maximum Gasteiger partial charge on any atom is 0.0465 e. The van der Waals surface area contributed by atoms with Crippen molar-refractivity contribution in [3.63, 3.8) is 0 Å². The number of hydrogen-bond acceptors (Lipinski definition) is 2. The van der Waals surface area contributed by atoms with Gasteiger partial charge in [0.15, 0.2) is 0 Å². The summed E-state index contributed by atoms with van der Waals surface area (Å²) >= 11 is 0. The summed E-state index contributed by atoms with van der Waals surface area (Å²) in [6.45, 7) is 28.2. The molecule has 6 aromatic rings. The molecular weight excluding hydrogens is 905 g/mol. The molecule has 75 heavy (non-hydrogen) atoms. The third kappa shape index (κ3) is 13.0. The van der Waals surface area contributed by atoms with Crippen molar-refractivity contribution in [2.45, 2.75) is 234 Å². The van der Waals surface area contributed by atoms with Gasteiger partial charge in [-0.3, -0.25) is 0 Å². The van der Waals surface area contributed by atoms with E-state index < -0.39 is 0 Å². The van der Waals surface area contributed by atoms with Crippen molar-refractivity contribution in [1.82, 2.24) is 0 Å². The maximum absolute atomic E-state index is 2.66. The smallest absolute Gasteiger partial charge is 0.0465 e. The molecule has 2 nitrogen and oxygen atoms in total. The number of fused-ring (bicyclic) bond motifs is 3. The van der Waals surface area contributed by atoms with Crippen LogP contribution in [0.5, 0.6) is 0 Å². The Balaban J connectivity index is 1.42. The first-order valence-electron chi connectivity index (χ1n) is 30.7. The fourth-order valence-corrected chi connectivity index (χ4v) is 13.0. The van der Waals surface area contributed by atoms with Crippen LogP contribution in [-0.2, 0) is 10.8 Å². The monoisotopic (exact) mass is 1000 g/mol. The minimum atomic E-state index is -0.117. The van der Waals surface area contributed by atoms with Gasteiger partial charge in [-0.15, -0.1) is 0 Å². The lowest BCUT2D eigenvalue weighted by Gasteiger charge is -2.37. The SMILES string of the molecule is CCCCCCCCC1(CCCCCCCC)c2cc(N(c3ccc(C(C)C)cc3)c3ccc(C(C)CC)cc3)ccc2-c2ccc(N(c3ccc(C(C)CC)cc3)c3ccc(C(C)(CC)C(CC)CC)cc3)cc21. The van der Waals surface area contributed by atoms with Crippen LogP contribution in [0.1, 0.15) is 256 Å². The Labute approximate surface area is 459 Å². The van der Waals surface area contributed by atoms with Crippen LogP contribution in [0.15, 0.2) is 133 Å². The number of benzene rings is 6. The summed E-state index contributed by atoms with van der Waals surface area (Å²) in [5.41, 5.74) is 19.0. The third-order valence-electron chi connectivity index (χ3n) is 18.6. The molecule has 0 aromatic heterocycles. The normalized spacial score (nSPS) is 14.4. The van der Waals surface area contributed by atoms with Gasteiger partial charge in [-0.25, -0.2) is 0 Å². The summed E-state index contributed by atoms with van der Waals surface area (Å²) in [4.78, 5) is 5.12. The van der Waals surface area contributed by atoms with Crippen molar-refractivity contribution in [2.24, 2.45) is 5.92 Å². The quantitative estimate of drug-likeness (QED) is 0.0415. The summed E-state index contributed by atoms with van der Waals surface area (Å²) in [6, 6.07) is 53.4. The second-order valence-electron chi connectivity index (χ2n) is 23.6. The molecule has 7 rings (SSSR count). The van der Waals surface area contributed by atoms with E-state index in [1.807, 2.05) is 0 Å². The topological polar surface area (TPSA) is 6.48 Å². The highest BCUT2D eigenvalue weighted by molar-refractivity contribution is 5.88. The molecule has 0 radical (unpaired) electrons. The Morgan fingerprint density at radius 1 is 0.387 bits per heavy atom. The van der Waals surface area contributed by atoms with Crippen LogP contribution in [-0.4, -0.2) is 0 Å². The summed E-state index contributed by atoms with van der Waals surface area (Å²) in [6.07, 6.45) is 23.7. The molecule has 0 saturated carbocycles. The van der Waals surface area contributed by atoms with Crippen LogP contribution < -0.4 is 9.80 Å². The van der Waals surface area contributed by atoms with Crippen LogP contribution in [0.4, 0.5) is 34.1 Å².